The van der Waals surface area contributed by atoms with Crippen molar-refractivity contribution in [3.8, 4) is 23.5 Å². The zero-order valence-corrected chi connectivity index (χ0v) is 69.5. The molecule has 8 aromatic heterocycles. The first-order valence-electron chi connectivity index (χ1n) is 36.4. The number of aromatic nitrogens is 10. The van der Waals surface area contributed by atoms with Gasteiger partial charge in [-0.15, -0.1) is 22.7 Å². The van der Waals surface area contributed by atoms with Crippen molar-refractivity contribution in [2.45, 2.75) is 123 Å². The van der Waals surface area contributed by atoms with Crippen LogP contribution >= 0.6 is 69.7 Å². The van der Waals surface area contributed by atoms with Crippen LogP contribution in [0.25, 0.3) is 0 Å². The Kier molecular flexibility index (Phi) is 25.8. The molecule has 0 bridgehead atoms. The van der Waals surface area contributed by atoms with E-state index in [0.29, 0.717) is 71.4 Å². The number of nitrogens with two attached hydrogens (primary N) is 4. The summed E-state index contributed by atoms with van der Waals surface area (Å²) in [5.74, 6) is 0.395. The van der Waals surface area contributed by atoms with Gasteiger partial charge in [-0.3, -0.25) is 24.2 Å². The highest BCUT2D eigenvalue weighted by Crippen LogP contribution is 2.56. The van der Waals surface area contributed by atoms with E-state index in [2.05, 4.69) is 91.1 Å². The fourth-order valence-corrected chi connectivity index (χ4v) is 20.2. The third-order valence-corrected chi connectivity index (χ3v) is 26.6. The quantitative estimate of drug-likeness (QED) is 0.0418. The van der Waals surface area contributed by atoms with Gasteiger partial charge >= 0.3 is 0 Å². The largest absolute Gasteiger partial charge is 0.480 e. The molecule has 624 valence electrons. The minimum absolute atomic E-state index is 0.0142. The van der Waals surface area contributed by atoms with Gasteiger partial charge in [-0.1, -0.05) is 53.1 Å². The zero-order valence-electron chi connectivity index (χ0n) is 64.6. The van der Waals surface area contributed by atoms with Crippen molar-refractivity contribution in [2.24, 2.45) is 42.9 Å². The molecular weight excluding hydrogens is 1660 g/mol. The van der Waals surface area contributed by atoms with E-state index in [0.717, 1.165) is 0 Å². The molecule has 8 aromatic rings. The molecule has 16 rings (SSSR count). The Labute approximate surface area is 698 Å². The maximum absolute atomic E-state index is 16.1. The van der Waals surface area contributed by atoms with Gasteiger partial charge in [-0.25, -0.2) is 82.4 Å². The van der Waals surface area contributed by atoms with Gasteiger partial charge in [0.25, 0.3) is 23.6 Å². The number of amidine groups is 4. The second kappa shape index (κ2) is 35.5. The number of ether oxygens (including phenoxy) is 8. The number of halogens is 4. The summed E-state index contributed by atoms with van der Waals surface area (Å²) in [7, 11) is 5.85. The number of anilines is 4. The van der Waals surface area contributed by atoms with Crippen LogP contribution in [-0.4, -0.2) is 219 Å². The third-order valence-electron chi connectivity index (χ3n) is 20.4. The van der Waals surface area contributed by atoms with Crippen molar-refractivity contribution in [2.75, 3.05) is 99.1 Å². The number of thiophene rings is 2. The number of aliphatic imine (C=N–C) groups is 4. The number of hydrogen-bond acceptors (Lipinski definition) is 36. The molecule has 8 aliphatic rings. The minimum Gasteiger partial charge on any atom is -0.480 e. The van der Waals surface area contributed by atoms with Crippen molar-refractivity contribution in [3.05, 3.63) is 154 Å². The first kappa shape index (κ1) is 85.8. The number of rotatable bonds is 16. The summed E-state index contributed by atoms with van der Waals surface area (Å²) in [6.07, 6.45) is 12.1. The van der Waals surface area contributed by atoms with E-state index in [1.807, 2.05) is 27.7 Å². The number of nitrogens with zero attached hydrogens (tertiary/aromatic N) is 14. The maximum Gasteiger partial charge on any atom is 0.277 e. The Morgan fingerprint density at radius 1 is 0.424 bits per heavy atom. The highest BCUT2D eigenvalue weighted by Gasteiger charge is 2.64. The number of hydrogen-bond donors (Lipinski definition) is 8. The van der Waals surface area contributed by atoms with Gasteiger partial charge in [0, 0.05) is 75.7 Å². The number of nitrogens with one attached hydrogen (secondary N) is 4. The smallest absolute Gasteiger partial charge is 0.277 e. The molecule has 4 saturated heterocycles. The summed E-state index contributed by atoms with van der Waals surface area (Å²) < 4.78 is 107. The fraction of sp³-hybridized carbons (Fsp3) is 0.432. The van der Waals surface area contributed by atoms with Gasteiger partial charge in [0.1, 0.15) is 28.6 Å². The van der Waals surface area contributed by atoms with E-state index in [-0.39, 0.29) is 138 Å². The van der Waals surface area contributed by atoms with Crippen LogP contribution in [0.5, 0.6) is 23.5 Å². The van der Waals surface area contributed by atoms with Crippen molar-refractivity contribution in [1.82, 2.24) is 49.8 Å². The van der Waals surface area contributed by atoms with E-state index in [9.17, 15) is 19.2 Å². The van der Waals surface area contributed by atoms with Crippen LogP contribution in [0.1, 0.15) is 116 Å². The van der Waals surface area contributed by atoms with Gasteiger partial charge in [0.05, 0.1) is 151 Å². The molecule has 12 atom stereocenters. The fourth-order valence-electron chi connectivity index (χ4n) is 14.2. The Balaban J connectivity index is 0.000000136. The van der Waals surface area contributed by atoms with Crippen LogP contribution in [0, 0.1) is 0 Å². The standard InChI is InChI=1S/2C19H21FN6O3S.2C18H20FN5O3S2/c1-11-6-18(20)10-30-17(21)26-19(18,9-29-11)14-5-12(3-4-22-14)25-16(27)13-7-24-15(28-2)8-23-13;1-11-6-18(20)10-30-17(21)26-19(18,9-29-11)13-4-3-5-14(24-13)25-16(27)12-7-23-15(28-2)8-22-12;1-10-4-17(19)9-29-16(20)24-18(17,8-27-10)13-3-11(7-28-13)23-15(25)12-5-22-14(26-2)6-21-12;1-10-5-17(19)9-28-16(20)24-18(17,8-27-10)12-3-4-14(29-12)23-15(25)11-6-22-13(26-2)7-21-11/h3-5,7-8,11H,6,9-10H2,1-2H3,(H2,21,26)(H,22,25,27);3-5,7-8,11H,6,9-10H2,1-2H3,(H2,21,26)(H,24,25,27);3,5-7,10H,4,8-9H2,1-2H3,(H2,20,24)(H,23,25);3-4,6-7,10H,5,8-9H2,1-2H3,(H2,20,24)(H,23,25)/t2*11-,18+,19+;2*10-,17+,18+/m0000/s1. The summed E-state index contributed by atoms with van der Waals surface area (Å²) in [5.41, 5.74) is 14.3. The molecule has 34 nitrogen and oxygen atoms in total. The van der Waals surface area contributed by atoms with Crippen molar-refractivity contribution in [3.63, 3.8) is 0 Å². The summed E-state index contributed by atoms with van der Waals surface area (Å²) in [6.45, 7) is 7.60. The maximum atomic E-state index is 16.1. The molecule has 4 fully saturated rings. The Hall–Kier alpha value is -10.1. The first-order valence-corrected chi connectivity index (χ1v) is 42.0. The second-order valence-corrected chi connectivity index (χ2v) is 34.3. The molecule has 44 heteroatoms. The number of methoxy groups -OCH3 is 4. The first-order chi connectivity index (χ1) is 56.4. The van der Waals surface area contributed by atoms with Crippen LogP contribution in [0.3, 0.4) is 0 Å². The third kappa shape index (κ3) is 17.8. The number of carbonyl (C=O) groups is 4. The van der Waals surface area contributed by atoms with Gasteiger partial charge in [0.2, 0.25) is 23.5 Å². The predicted molar refractivity (Wildman–Crippen MR) is 442 cm³/mol. The van der Waals surface area contributed by atoms with Crippen LogP contribution in [-0.2, 0) is 41.1 Å². The second-order valence-electron chi connectivity index (χ2n) is 28.4. The van der Waals surface area contributed by atoms with Crippen LogP contribution in [0.2, 0.25) is 0 Å². The van der Waals surface area contributed by atoms with Crippen molar-refractivity contribution < 1.29 is 74.6 Å². The average molecular weight is 1740 g/mol. The average Bonchev–Trinajstić information content (AvgIpc) is 1.05. The van der Waals surface area contributed by atoms with Gasteiger partial charge in [-0.05, 0) is 70.2 Å². The van der Waals surface area contributed by atoms with Gasteiger partial charge < -0.3 is 82.1 Å². The van der Waals surface area contributed by atoms with Crippen LogP contribution in [0.4, 0.5) is 39.8 Å². The SMILES string of the molecule is COc1cnc(C(=O)Nc2ccc([C@]34CO[C@@H](C)C[C@@]3(F)CSC(N)=N4)s2)cn1.COc1cnc(C(=O)Nc2cccc([C@]34CO[C@@H](C)C[C@@]3(F)CSC(N)=N4)n2)cn1.COc1cnc(C(=O)Nc2ccnc([C@]34CO[C@@H](C)C[C@@]3(F)CSC(N)=N4)c2)cn1.COc1cnc(C(=O)Nc2csc([C@]34CO[C@@H](C)C[C@@]3(F)CSC(N)=N4)c2)cn1. The summed E-state index contributed by atoms with van der Waals surface area (Å²) >= 11 is 7.39. The molecule has 4 amide bonds. The lowest BCUT2D eigenvalue weighted by molar-refractivity contribution is -0.108. The molecule has 118 heavy (non-hydrogen) atoms. The van der Waals surface area contributed by atoms with E-state index in [1.54, 1.807) is 53.9 Å². The van der Waals surface area contributed by atoms with Crippen LogP contribution < -0.4 is 63.1 Å². The molecule has 16 heterocycles. The van der Waals surface area contributed by atoms with E-state index < -0.39 is 68.5 Å². The lowest BCUT2D eigenvalue weighted by Gasteiger charge is -2.49. The number of alkyl halides is 4. The number of amides is 4. The molecule has 0 radical (unpaired) electrons. The number of thioether (sulfide) groups is 4. The normalized spacial score (nSPS) is 28.6. The number of pyridine rings is 2. The Bertz CT molecular complexity index is 4830. The molecule has 12 N–H and O–H groups in total. The minimum atomic E-state index is -1.67. The topological polar surface area (TPSA) is 473 Å². The zero-order chi connectivity index (χ0) is 84.0. The lowest BCUT2D eigenvalue weighted by atomic mass is 9.75. The molecule has 0 aliphatic carbocycles. The van der Waals surface area contributed by atoms with E-state index in [1.165, 1.54) is 154 Å². The molecular formula is C74H82F4N22O12S6. The summed E-state index contributed by atoms with van der Waals surface area (Å²) in [5, 5.41) is 14.4. The van der Waals surface area contributed by atoms with Gasteiger partial charge in [-0.2, -0.15) is 0 Å². The van der Waals surface area contributed by atoms with Crippen LogP contribution in [0.15, 0.2) is 130 Å². The summed E-state index contributed by atoms with van der Waals surface area (Å²) in [6, 6.07) is 13.4. The molecule has 0 saturated carbocycles. The molecule has 8 aliphatic heterocycles. The monoisotopic (exact) mass is 1740 g/mol. The molecule has 0 aromatic carbocycles. The predicted octanol–water partition coefficient (Wildman–Crippen LogP) is 8.96. The number of fused-ring (bicyclic) bond motifs is 4. The van der Waals surface area contributed by atoms with Gasteiger partial charge in [0.15, 0.2) is 65.5 Å². The Morgan fingerprint density at radius 2 is 0.797 bits per heavy atom. The van der Waals surface area contributed by atoms with Crippen molar-refractivity contribution >= 4 is 136 Å². The number of carbonyl (C=O) groups excluding carboxylic acids is 4. The lowest BCUT2D eigenvalue weighted by Crippen LogP contribution is -2.60. The van der Waals surface area contributed by atoms with E-state index in [4.69, 9.17) is 60.8 Å². The molecule has 0 unspecified atom stereocenters. The Morgan fingerprint density at radius 3 is 1.21 bits per heavy atom. The summed E-state index contributed by atoms with van der Waals surface area (Å²) in [4.78, 5) is 110. The van der Waals surface area contributed by atoms with Crippen molar-refractivity contribution in [1.29, 1.82) is 0 Å². The molecule has 0 spiro atoms. The highest BCUT2D eigenvalue weighted by molar-refractivity contribution is 8.14. The highest BCUT2D eigenvalue weighted by atomic mass is 32.2. The van der Waals surface area contributed by atoms with E-state index >= 15 is 17.6 Å².